The summed E-state index contributed by atoms with van der Waals surface area (Å²) in [5.41, 5.74) is 0. The molecule has 0 aromatic heterocycles. The molecule has 1 aliphatic rings. The molecule has 0 unspecified atom stereocenters. The Labute approximate surface area is 85.7 Å². The number of quaternary nitrogens is 1. The van der Waals surface area contributed by atoms with Crippen LogP contribution < -0.4 is 0 Å². The van der Waals surface area contributed by atoms with E-state index in [0.29, 0.717) is 5.25 Å². The van der Waals surface area contributed by atoms with Crippen molar-refractivity contribution in [1.82, 2.24) is 4.90 Å². The lowest BCUT2D eigenvalue weighted by molar-refractivity contribution is -0.893. The average molecular weight is 203 g/mol. The summed E-state index contributed by atoms with van der Waals surface area (Å²) in [6.45, 7) is 0.980. The van der Waals surface area contributed by atoms with Crippen molar-refractivity contribution >= 4 is 18.5 Å². The first-order chi connectivity index (χ1) is 5.84. The molecule has 0 aliphatic carbocycles. The normalized spacial score (nSPS) is 31.8. The van der Waals surface area contributed by atoms with E-state index in [1.54, 1.807) is 4.90 Å². The summed E-state index contributed by atoms with van der Waals surface area (Å²) in [5, 5.41) is 0.365. The van der Waals surface area contributed by atoms with Gasteiger partial charge < -0.3 is 9.38 Å². The molecule has 1 saturated heterocycles. The van der Waals surface area contributed by atoms with Crippen LogP contribution in [-0.2, 0) is 4.79 Å². The second kappa shape index (κ2) is 3.50. The van der Waals surface area contributed by atoms with Crippen molar-refractivity contribution in [3.63, 3.8) is 0 Å². The van der Waals surface area contributed by atoms with E-state index in [0.717, 1.165) is 17.4 Å². The molecule has 13 heavy (non-hydrogen) atoms. The molecule has 2 atom stereocenters. The molecular formula is C9H19N2OS+. The largest absolute Gasteiger partial charge is 0.344 e. The minimum atomic E-state index is 0.0949. The average Bonchev–Trinajstić information content (AvgIpc) is 2.22. The first-order valence-electron chi connectivity index (χ1n) is 4.56. The Morgan fingerprint density at radius 2 is 2.00 bits per heavy atom. The molecule has 1 heterocycles. The second-order valence-electron chi connectivity index (χ2n) is 4.60. The third kappa shape index (κ3) is 2.17. The molecule has 0 radical (unpaired) electrons. The van der Waals surface area contributed by atoms with Crippen LogP contribution in [0.4, 0.5) is 0 Å². The van der Waals surface area contributed by atoms with Crippen LogP contribution in [0.15, 0.2) is 0 Å². The Kier molecular flexibility index (Phi) is 2.92. The molecule has 0 aromatic carbocycles. The van der Waals surface area contributed by atoms with Gasteiger partial charge in [-0.1, -0.05) is 0 Å². The van der Waals surface area contributed by atoms with Crippen molar-refractivity contribution in [2.75, 3.05) is 34.7 Å². The molecule has 1 amide bonds. The topological polar surface area (TPSA) is 20.3 Å². The second-order valence-corrected chi connectivity index (χ2v) is 5.33. The number of hydrogen-bond acceptors (Lipinski definition) is 2. The van der Waals surface area contributed by atoms with Crippen molar-refractivity contribution in [3.05, 3.63) is 0 Å². The maximum Gasteiger partial charge on any atom is 0.280 e. The predicted octanol–water partition coefficient (Wildman–Crippen LogP) is 0.222. The maximum absolute atomic E-state index is 11.8. The summed E-state index contributed by atoms with van der Waals surface area (Å²) in [6, 6.07) is 0.0949. The van der Waals surface area contributed by atoms with Crippen LogP contribution in [0.5, 0.6) is 0 Å². The Bertz CT molecular complexity index is 216. The Hall–Kier alpha value is -0.220. The van der Waals surface area contributed by atoms with E-state index in [1.165, 1.54) is 0 Å². The van der Waals surface area contributed by atoms with Gasteiger partial charge in [0.25, 0.3) is 5.91 Å². The zero-order chi connectivity index (χ0) is 10.2. The molecular weight excluding hydrogens is 184 g/mol. The quantitative estimate of drug-likeness (QED) is 0.477. The van der Waals surface area contributed by atoms with Crippen LogP contribution in [0.2, 0.25) is 0 Å². The van der Waals surface area contributed by atoms with E-state index in [2.05, 4.69) is 26.7 Å². The van der Waals surface area contributed by atoms with Gasteiger partial charge >= 0.3 is 0 Å². The number of thiol groups is 1. The van der Waals surface area contributed by atoms with E-state index in [-0.39, 0.29) is 11.9 Å². The number of nitrogens with zero attached hydrogens (tertiary/aromatic N) is 2. The van der Waals surface area contributed by atoms with Gasteiger partial charge in [-0.05, 0) is 0 Å². The molecule has 0 saturated carbocycles. The van der Waals surface area contributed by atoms with Crippen LogP contribution in [0.3, 0.4) is 0 Å². The van der Waals surface area contributed by atoms with Crippen LogP contribution in [-0.4, -0.2) is 61.3 Å². The van der Waals surface area contributed by atoms with E-state index in [9.17, 15) is 4.79 Å². The maximum atomic E-state index is 11.8. The van der Waals surface area contributed by atoms with Gasteiger partial charge in [-0.2, -0.15) is 12.6 Å². The SMILES string of the molecule is CN(C)C(=O)[C@@H]1C[C@H](S)C[N+]1(C)C. The molecule has 0 aromatic rings. The summed E-state index contributed by atoms with van der Waals surface area (Å²) < 4.78 is 0.769. The van der Waals surface area contributed by atoms with E-state index < -0.39 is 0 Å². The van der Waals surface area contributed by atoms with Gasteiger partial charge in [-0.25, -0.2) is 0 Å². The summed E-state index contributed by atoms with van der Waals surface area (Å²) >= 11 is 4.44. The van der Waals surface area contributed by atoms with Gasteiger partial charge in [0.1, 0.15) is 0 Å². The van der Waals surface area contributed by atoms with Gasteiger partial charge in [0, 0.05) is 20.5 Å². The number of likely N-dealkylation sites (tertiary alicyclic amines) is 1. The number of hydrogen-bond donors (Lipinski definition) is 1. The van der Waals surface area contributed by atoms with Crippen molar-refractivity contribution < 1.29 is 9.28 Å². The van der Waals surface area contributed by atoms with Crippen molar-refractivity contribution in [3.8, 4) is 0 Å². The smallest absolute Gasteiger partial charge is 0.280 e. The van der Waals surface area contributed by atoms with Gasteiger partial charge in [0.2, 0.25) is 0 Å². The van der Waals surface area contributed by atoms with Gasteiger partial charge in [0.15, 0.2) is 6.04 Å². The fourth-order valence-electron chi connectivity index (χ4n) is 1.99. The number of amides is 1. The molecule has 1 rings (SSSR count). The van der Waals surface area contributed by atoms with Crippen LogP contribution >= 0.6 is 12.6 Å². The highest BCUT2D eigenvalue weighted by Crippen LogP contribution is 2.26. The predicted molar refractivity (Wildman–Crippen MR) is 56.8 cm³/mol. The zero-order valence-corrected chi connectivity index (χ0v) is 9.71. The van der Waals surface area contributed by atoms with E-state index >= 15 is 0 Å². The lowest BCUT2D eigenvalue weighted by Crippen LogP contribution is -2.51. The third-order valence-electron chi connectivity index (χ3n) is 2.75. The molecule has 4 heteroatoms. The molecule has 76 valence electrons. The van der Waals surface area contributed by atoms with Gasteiger partial charge in [-0.15, -0.1) is 0 Å². The summed E-state index contributed by atoms with van der Waals surface area (Å²) in [4.78, 5) is 13.5. The lowest BCUT2D eigenvalue weighted by atomic mass is 10.2. The number of carbonyl (C=O) groups is 1. The van der Waals surface area contributed by atoms with E-state index in [1.807, 2.05) is 14.1 Å². The molecule has 0 N–H and O–H groups in total. The first-order valence-corrected chi connectivity index (χ1v) is 5.08. The number of carbonyl (C=O) groups excluding carboxylic acids is 1. The Balaban J connectivity index is 2.75. The molecule has 0 bridgehead atoms. The molecule has 0 spiro atoms. The van der Waals surface area contributed by atoms with Gasteiger partial charge in [-0.3, -0.25) is 4.79 Å². The highest BCUT2D eigenvalue weighted by atomic mass is 32.1. The highest BCUT2D eigenvalue weighted by molar-refractivity contribution is 7.81. The summed E-state index contributed by atoms with van der Waals surface area (Å²) in [6.07, 6.45) is 0.896. The number of likely N-dealkylation sites (N-methyl/N-ethyl adjacent to an activating group) is 2. The standard InChI is InChI=1S/C9H18N2OS/c1-10(2)9(12)8-5-7(13)6-11(8,3)4/h7-8H,5-6H2,1-4H3/p+1/t7-,8-/m0/s1. The summed E-state index contributed by atoms with van der Waals surface area (Å²) in [5.74, 6) is 0.224. The van der Waals surface area contributed by atoms with Gasteiger partial charge in [0.05, 0.1) is 25.9 Å². The third-order valence-corrected chi connectivity index (χ3v) is 3.12. The lowest BCUT2D eigenvalue weighted by Gasteiger charge is -2.31. The molecule has 1 aliphatic heterocycles. The van der Waals surface area contributed by atoms with Crippen molar-refractivity contribution in [2.24, 2.45) is 0 Å². The fraction of sp³-hybridized carbons (Fsp3) is 0.889. The minimum absolute atomic E-state index is 0.0949. The van der Waals surface area contributed by atoms with Crippen molar-refractivity contribution in [2.45, 2.75) is 17.7 Å². The highest BCUT2D eigenvalue weighted by Gasteiger charge is 2.44. The molecule has 1 fully saturated rings. The minimum Gasteiger partial charge on any atom is -0.344 e. The zero-order valence-electron chi connectivity index (χ0n) is 8.82. The van der Waals surface area contributed by atoms with Crippen molar-refractivity contribution in [1.29, 1.82) is 0 Å². The van der Waals surface area contributed by atoms with Crippen LogP contribution in [0.25, 0.3) is 0 Å². The summed E-state index contributed by atoms with van der Waals surface area (Å²) in [7, 11) is 7.83. The monoisotopic (exact) mass is 203 g/mol. The Morgan fingerprint density at radius 3 is 2.31 bits per heavy atom. The van der Waals surface area contributed by atoms with E-state index in [4.69, 9.17) is 0 Å². The molecule has 3 nitrogen and oxygen atoms in total. The number of rotatable bonds is 1. The van der Waals surface area contributed by atoms with Crippen LogP contribution in [0.1, 0.15) is 6.42 Å². The fourth-order valence-corrected chi connectivity index (χ4v) is 2.61. The van der Waals surface area contributed by atoms with Crippen LogP contribution in [0, 0.1) is 0 Å². The Morgan fingerprint density at radius 1 is 1.46 bits per heavy atom. The first kappa shape index (κ1) is 10.9.